The van der Waals surface area contributed by atoms with Gasteiger partial charge in [-0.1, -0.05) is 31.2 Å². The Morgan fingerprint density at radius 3 is 2.43 bits per heavy atom. The zero-order valence-corrected chi connectivity index (χ0v) is 13.2. The largest absolute Gasteiger partial charge is 0.457 e. The van der Waals surface area contributed by atoms with Crippen LogP contribution in [-0.2, 0) is 17.8 Å². The first kappa shape index (κ1) is 15.4. The number of esters is 1. The van der Waals surface area contributed by atoms with Crippen molar-refractivity contribution in [2.45, 2.75) is 33.8 Å². The molecule has 0 amide bonds. The van der Waals surface area contributed by atoms with Crippen LogP contribution >= 0.6 is 12.2 Å². The van der Waals surface area contributed by atoms with Gasteiger partial charge in [0.2, 0.25) is 0 Å². The summed E-state index contributed by atoms with van der Waals surface area (Å²) in [4.78, 5) is 19.1. The van der Waals surface area contributed by atoms with E-state index in [2.05, 4.69) is 16.9 Å². The summed E-state index contributed by atoms with van der Waals surface area (Å²) in [6.45, 7) is 5.89. The fraction of sp³-hybridized carbons (Fsp3) is 0.312. The van der Waals surface area contributed by atoms with E-state index in [0.717, 1.165) is 12.0 Å². The van der Waals surface area contributed by atoms with Crippen molar-refractivity contribution in [3.8, 4) is 0 Å². The van der Waals surface area contributed by atoms with Gasteiger partial charge in [0, 0.05) is 5.69 Å². The lowest BCUT2D eigenvalue weighted by molar-refractivity contribution is 0.0469. The molecular weight excluding hydrogens is 284 g/mol. The number of aromatic nitrogens is 2. The average molecular weight is 302 g/mol. The Bertz CT molecular complexity index is 679. The lowest BCUT2D eigenvalue weighted by Crippen LogP contribution is -2.12. The molecule has 0 spiro atoms. The van der Waals surface area contributed by atoms with E-state index in [9.17, 15) is 4.79 Å². The first-order valence-corrected chi connectivity index (χ1v) is 7.24. The second kappa shape index (κ2) is 6.63. The fourth-order valence-electron chi connectivity index (χ4n) is 2.12. The number of H-pyrrole nitrogens is 1. The van der Waals surface area contributed by atoms with Crippen molar-refractivity contribution in [1.82, 2.24) is 9.97 Å². The van der Waals surface area contributed by atoms with Crippen molar-refractivity contribution in [2.24, 2.45) is 0 Å². The van der Waals surface area contributed by atoms with Crippen LogP contribution in [0.15, 0.2) is 24.3 Å². The SMILES string of the molecule is CCc1ccc(COC(=O)c2c(C)nc(=S)[nH]c2C)cc1. The third-order valence-corrected chi connectivity index (χ3v) is 3.50. The molecular formula is C16H18N2O2S. The van der Waals surface area contributed by atoms with Gasteiger partial charge in [0.05, 0.1) is 11.3 Å². The molecule has 21 heavy (non-hydrogen) atoms. The molecule has 1 heterocycles. The lowest BCUT2D eigenvalue weighted by atomic mass is 10.1. The Morgan fingerprint density at radius 1 is 1.24 bits per heavy atom. The third kappa shape index (κ3) is 3.76. The summed E-state index contributed by atoms with van der Waals surface area (Å²) in [5.41, 5.74) is 3.94. The molecule has 0 bridgehead atoms. The number of aryl methyl sites for hydroxylation is 3. The van der Waals surface area contributed by atoms with E-state index in [1.54, 1.807) is 13.8 Å². The molecule has 0 atom stereocenters. The highest BCUT2D eigenvalue weighted by Crippen LogP contribution is 2.13. The number of benzene rings is 1. The van der Waals surface area contributed by atoms with E-state index in [-0.39, 0.29) is 12.6 Å². The summed E-state index contributed by atoms with van der Waals surface area (Å²) in [5.74, 6) is -0.386. The van der Waals surface area contributed by atoms with Crippen LogP contribution in [0.2, 0.25) is 0 Å². The van der Waals surface area contributed by atoms with Crippen molar-refractivity contribution in [3.63, 3.8) is 0 Å². The number of nitrogens with zero attached hydrogens (tertiary/aromatic N) is 1. The predicted octanol–water partition coefficient (Wildman–Crippen LogP) is 3.68. The van der Waals surface area contributed by atoms with Crippen molar-refractivity contribution in [2.75, 3.05) is 0 Å². The number of rotatable bonds is 4. The van der Waals surface area contributed by atoms with Crippen LogP contribution in [0.1, 0.15) is 39.8 Å². The first-order chi connectivity index (χ1) is 10.0. The molecule has 0 aliphatic rings. The maximum Gasteiger partial charge on any atom is 0.342 e. The van der Waals surface area contributed by atoms with Crippen LogP contribution in [0.4, 0.5) is 0 Å². The minimum atomic E-state index is -0.386. The van der Waals surface area contributed by atoms with Gasteiger partial charge in [-0.2, -0.15) is 0 Å². The number of aromatic amines is 1. The molecule has 0 unspecified atom stereocenters. The molecule has 0 aliphatic heterocycles. The molecule has 0 saturated heterocycles. The first-order valence-electron chi connectivity index (χ1n) is 6.83. The van der Waals surface area contributed by atoms with Crippen LogP contribution < -0.4 is 0 Å². The fourth-order valence-corrected chi connectivity index (χ4v) is 2.41. The predicted molar refractivity (Wildman–Crippen MR) is 83.8 cm³/mol. The van der Waals surface area contributed by atoms with Gasteiger partial charge in [0.1, 0.15) is 6.61 Å². The maximum absolute atomic E-state index is 12.2. The van der Waals surface area contributed by atoms with Crippen molar-refractivity contribution < 1.29 is 9.53 Å². The molecule has 0 fully saturated rings. The summed E-state index contributed by atoms with van der Waals surface area (Å²) in [7, 11) is 0. The monoisotopic (exact) mass is 302 g/mol. The molecule has 110 valence electrons. The molecule has 0 saturated carbocycles. The Labute approximate surface area is 129 Å². The van der Waals surface area contributed by atoms with E-state index >= 15 is 0 Å². The van der Waals surface area contributed by atoms with Gasteiger partial charge in [0.25, 0.3) is 0 Å². The van der Waals surface area contributed by atoms with Crippen LogP contribution in [0.25, 0.3) is 0 Å². The molecule has 0 aliphatic carbocycles. The quantitative estimate of drug-likeness (QED) is 0.691. The second-order valence-corrected chi connectivity index (χ2v) is 5.26. The van der Waals surface area contributed by atoms with E-state index in [0.29, 0.717) is 21.7 Å². The van der Waals surface area contributed by atoms with Gasteiger partial charge >= 0.3 is 5.97 Å². The average Bonchev–Trinajstić information content (AvgIpc) is 2.44. The number of nitrogens with one attached hydrogen (secondary N) is 1. The Kier molecular flexibility index (Phi) is 4.85. The normalized spacial score (nSPS) is 10.4. The van der Waals surface area contributed by atoms with Gasteiger partial charge < -0.3 is 9.72 Å². The van der Waals surface area contributed by atoms with Crippen LogP contribution in [0, 0.1) is 18.6 Å². The van der Waals surface area contributed by atoms with E-state index < -0.39 is 0 Å². The summed E-state index contributed by atoms with van der Waals surface area (Å²) >= 11 is 4.98. The summed E-state index contributed by atoms with van der Waals surface area (Å²) in [5, 5.41) is 0. The standard InChI is InChI=1S/C16H18N2O2S/c1-4-12-5-7-13(8-6-12)9-20-15(19)14-10(2)17-16(21)18-11(14)3/h5-8H,4,9H2,1-3H3,(H,17,18,21). The molecule has 1 aromatic carbocycles. The van der Waals surface area contributed by atoms with E-state index in [1.165, 1.54) is 5.56 Å². The van der Waals surface area contributed by atoms with E-state index in [4.69, 9.17) is 17.0 Å². The van der Waals surface area contributed by atoms with Gasteiger partial charge in [-0.05, 0) is 43.6 Å². The molecule has 1 N–H and O–H groups in total. The van der Waals surface area contributed by atoms with Gasteiger partial charge in [-0.25, -0.2) is 9.78 Å². The zero-order chi connectivity index (χ0) is 15.4. The second-order valence-electron chi connectivity index (χ2n) is 4.87. The number of hydrogen-bond acceptors (Lipinski definition) is 4. The lowest BCUT2D eigenvalue weighted by Gasteiger charge is -2.09. The van der Waals surface area contributed by atoms with Gasteiger partial charge in [0.15, 0.2) is 4.77 Å². The Hall–Kier alpha value is -2.01. The summed E-state index contributed by atoms with van der Waals surface area (Å²) < 4.78 is 5.73. The topological polar surface area (TPSA) is 55.0 Å². The van der Waals surface area contributed by atoms with Crippen LogP contribution in [-0.4, -0.2) is 15.9 Å². The Morgan fingerprint density at radius 2 is 1.86 bits per heavy atom. The van der Waals surface area contributed by atoms with Crippen molar-refractivity contribution in [3.05, 3.63) is 57.1 Å². The highest BCUT2D eigenvalue weighted by atomic mass is 32.1. The summed E-state index contributed by atoms with van der Waals surface area (Å²) in [6.07, 6.45) is 0.993. The van der Waals surface area contributed by atoms with Crippen LogP contribution in [0.3, 0.4) is 0 Å². The number of carbonyl (C=O) groups is 1. The number of hydrogen-bond donors (Lipinski definition) is 1. The summed E-state index contributed by atoms with van der Waals surface area (Å²) in [6, 6.07) is 8.03. The number of ether oxygens (including phenoxy) is 1. The maximum atomic E-state index is 12.2. The highest BCUT2D eigenvalue weighted by molar-refractivity contribution is 7.71. The molecule has 4 nitrogen and oxygen atoms in total. The van der Waals surface area contributed by atoms with E-state index in [1.807, 2.05) is 24.3 Å². The zero-order valence-electron chi connectivity index (χ0n) is 12.4. The smallest absolute Gasteiger partial charge is 0.342 e. The molecule has 2 aromatic rings. The third-order valence-electron chi connectivity index (χ3n) is 3.31. The van der Waals surface area contributed by atoms with Gasteiger partial charge in [-0.15, -0.1) is 0 Å². The highest BCUT2D eigenvalue weighted by Gasteiger charge is 2.15. The van der Waals surface area contributed by atoms with Gasteiger partial charge in [-0.3, -0.25) is 0 Å². The molecule has 2 rings (SSSR count). The minimum absolute atomic E-state index is 0.247. The minimum Gasteiger partial charge on any atom is -0.457 e. The van der Waals surface area contributed by atoms with Crippen molar-refractivity contribution >= 4 is 18.2 Å². The Balaban J connectivity index is 2.09. The number of carbonyl (C=O) groups excluding carboxylic acids is 1. The molecule has 0 radical (unpaired) electrons. The molecule has 1 aromatic heterocycles. The van der Waals surface area contributed by atoms with Crippen LogP contribution in [0.5, 0.6) is 0 Å². The van der Waals surface area contributed by atoms with Crippen molar-refractivity contribution in [1.29, 1.82) is 0 Å². The molecule has 5 heteroatoms.